The average molecular weight is 553 g/mol. The highest BCUT2D eigenvalue weighted by atomic mass is 79.9. The number of methoxy groups -OCH3 is 1. The SMILES string of the molecule is COc1ccc(CCNC(=O)c2ccc(C(=O)c3cc4c(cc3C)C(C)(C)CCC4(C)C)o2)cc1Br. The van der Waals surface area contributed by atoms with Crippen LogP contribution in [0.2, 0.25) is 0 Å². The number of halogens is 1. The van der Waals surface area contributed by atoms with Crippen LogP contribution in [0.5, 0.6) is 5.75 Å². The lowest BCUT2D eigenvalue weighted by atomic mass is 9.62. The number of fused-ring (bicyclic) bond motifs is 1. The van der Waals surface area contributed by atoms with Crippen LogP contribution in [-0.2, 0) is 17.3 Å². The number of furan rings is 1. The number of aryl methyl sites for hydroxylation is 1. The molecule has 6 heteroatoms. The van der Waals surface area contributed by atoms with Gasteiger partial charge in [-0.3, -0.25) is 9.59 Å². The maximum Gasteiger partial charge on any atom is 0.287 e. The minimum absolute atomic E-state index is 0.00126. The first-order valence-electron chi connectivity index (χ1n) is 12.3. The van der Waals surface area contributed by atoms with Gasteiger partial charge in [0.1, 0.15) is 5.75 Å². The van der Waals surface area contributed by atoms with Crippen molar-refractivity contribution in [2.45, 2.75) is 64.7 Å². The Morgan fingerprint density at radius 1 is 0.972 bits per heavy atom. The molecule has 1 heterocycles. The fourth-order valence-electron chi connectivity index (χ4n) is 4.95. The van der Waals surface area contributed by atoms with E-state index in [2.05, 4.69) is 55.0 Å². The second-order valence-electron chi connectivity index (χ2n) is 10.9. The summed E-state index contributed by atoms with van der Waals surface area (Å²) >= 11 is 3.48. The summed E-state index contributed by atoms with van der Waals surface area (Å²) in [6.07, 6.45) is 2.84. The van der Waals surface area contributed by atoms with Crippen LogP contribution >= 0.6 is 15.9 Å². The van der Waals surface area contributed by atoms with E-state index < -0.39 is 0 Å². The minimum atomic E-state index is -0.341. The number of hydrogen-bond donors (Lipinski definition) is 1. The maximum absolute atomic E-state index is 13.4. The second-order valence-corrected chi connectivity index (χ2v) is 11.8. The van der Waals surface area contributed by atoms with E-state index in [9.17, 15) is 9.59 Å². The van der Waals surface area contributed by atoms with Crippen molar-refractivity contribution in [2.24, 2.45) is 0 Å². The van der Waals surface area contributed by atoms with Crippen LogP contribution in [0, 0.1) is 6.92 Å². The first kappa shape index (κ1) is 26.2. The van der Waals surface area contributed by atoms with Crippen molar-refractivity contribution in [1.82, 2.24) is 5.32 Å². The zero-order chi connectivity index (χ0) is 26.3. The van der Waals surface area contributed by atoms with Crippen LogP contribution in [0.4, 0.5) is 0 Å². The molecule has 1 N–H and O–H groups in total. The van der Waals surface area contributed by atoms with Gasteiger partial charge in [0.05, 0.1) is 11.6 Å². The Morgan fingerprint density at radius 3 is 2.25 bits per heavy atom. The van der Waals surface area contributed by atoms with E-state index in [1.54, 1.807) is 19.2 Å². The van der Waals surface area contributed by atoms with E-state index >= 15 is 0 Å². The fraction of sp³-hybridized carbons (Fsp3) is 0.400. The van der Waals surface area contributed by atoms with Crippen LogP contribution < -0.4 is 10.1 Å². The van der Waals surface area contributed by atoms with E-state index in [4.69, 9.17) is 9.15 Å². The van der Waals surface area contributed by atoms with Gasteiger partial charge in [-0.05, 0) is 106 Å². The van der Waals surface area contributed by atoms with Crippen molar-refractivity contribution in [1.29, 1.82) is 0 Å². The summed E-state index contributed by atoms with van der Waals surface area (Å²) in [5.74, 6) is 0.529. The van der Waals surface area contributed by atoms with Crippen molar-refractivity contribution in [2.75, 3.05) is 13.7 Å². The monoisotopic (exact) mass is 551 g/mol. The lowest BCUT2D eigenvalue weighted by Gasteiger charge is -2.42. The van der Waals surface area contributed by atoms with E-state index in [1.807, 2.05) is 31.2 Å². The lowest BCUT2D eigenvalue weighted by Crippen LogP contribution is -2.34. The Bertz CT molecular complexity index is 1320. The van der Waals surface area contributed by atoms with Crippen LogP contribution in [0.25, 0.3) is 0 Å². The number of amides is 1. The molecule has 0 bridgehead atoms. The van der Waals surface area contributed by atoms with Gasteiger partial charge in [-0.2, -0.15) is 0 Å². The first-order valence-corrected chi connectivity index (χ1v) is 13.1. The Hall–Kier alpha value is -2.86. The third-order valence-corrected chi connectivity index (χ3v) is 8.03. The molecule has 0 atom stereocenters. The van der Waals surface area contributed by atoms with Crippen LogP contribution in [-0.4, -0.2) is 25.3 Å². The number of benzene rings is 2. The molecule has 0 saturated heterocycles. The molecule has 0 fully saturated rings. The normalized spacial score (nSPS) is 15.8. The molecule has 1 aliphatic carbocycles. The van der Waals surface area contributed by atoms with Gasteiger partial charge in [0.25, 0.3) is 5.91 Å². The summed E-state index contributed by atoms with van der Waals surface area (Å²) in [4.78, 5) is 26.0. The zero-order valence-electron chi connectivity index (χ0n) is 21.9. The summed E-state index contributed by atoms with van der Waals surface area (Å²) in [5, 5.41) is 2.87. The number of rotatable bonds is 7. The smallest absolute Gasteiger partial charge is 0.287 e. The predicted molar refractivity (Wildman–Crippen MR) is 145 cm³/mol. The van der Waals surface area contributed by atoms with Gasteiger partial charge in [-0.15, -0.1) is 0 Å². The Balaban J connectivity index is 1.47. The summed E-state index contributed by atoms with van der Waals surface area (Å²) < 4.78 is 11.8. The molecule has 2 aromatic carbocycles. The average Bonchev–Trinajstić information content (AvgIpc) is 3.32. The van der Waals surface area contributed by atoms with Crippen molar-refractivity contribution >= 4 is 27.6 Å². The van der Waals surface area contributed by atoms with Gasteiger partial charge in [0.15, 0.2) is 11.5 Å². The zero-order valence-corrected chi connectivity index (χ0v) is 23.5. The van der Waals surface area contributed by atoms with Crippen LogP contribution in [0.1, 0.15) is 89.5 Å². The van der Waals surface area contributed by atoms with E-state index in [0.29, 0.717) is 18.5 Å². The van der Waals surface area contributed by atoms with Crippen LogP contribution in [0.3, 0.4) is 0 Å². The maximum atomic E-state index is 13.4. The molecule has 190 valence electrons. The predicted octanol–water partition coefficient (Wildman–Crippen LogP) is 6.91. The number of carbonyl (C=O) groups excluding carboxylic acids is 2. The Labute approximate surface area is 221 Å². The molecule has 0 radical (unpaired) electrons. The molecule has 3 aromatic rings. The number of ether oxygens (including phenoxy) is 1. The molecule has 4 rings (SSSR count). The summed E-state index contributed by atoms with van der Waals surface area (Å²) in [6.45, 7) is 11.4. The number of nitrogens with one attached hydrogen (secondary N) is 1. The molecule has 36 heavy (non-hydrogen) atoms. The third kappa shape index (κ3) is 5.15. The molecular formula is C30H34BrNO4. The standard InChI is InChI=1S/C30H34BrNO4/c1-18-15-21-22(30(4,5)13-12-29(21,2)3)17-20(18)27(33)25-9-10-26(36-25)28(34)32-14-11-19-7-8-24(35-6)23(31)16-19/h7-10,15-17H,11-14H2,1-6H3,(H,32,34). The topological polar surface area (TPSA) is 68.5 Å². The van der Waals surface area contributed by atoms with Gasteiger partial charge < -0.3 is 14.5 Å². The largest absolute Gasteiger partial charge is 0.496 e. The molecule has 5 nitrogen and oxygen atoms in total. The number of carbonyl (C=O) groups is 2. The molecule has 1 aliphatic rings. The highest BCUT2D eigenvalue weighted by Crippen LogP contribution is 2.46. The second kappa shape index (κ2) is 9.89. The molecular weight excluding hydrogens is 518 g/mol. The highest BCUT2D eigenvalue weighted by Gasteiger charge is 2.38. The van der Waals surface area contributed by atoms with Crippen molar-refractivity contribution < 1.29 is 18.7 Å². The van der Waals surface area contributed by atoms with E-state index in [-0.39, 0.29) is 34.0 Å². The molecule has 0 aliphatic heterocycles. The molecule has 0 saturated carbocycles. The van der Waals surface area contributed by atoms with Crippen molar-refractivity contribution in [3.63, 3.8) is 0 Å². The fourth-order valence-corrected chi connectivity index (χ4v) is 5.54. The van der Waals surface area contributed by atoms with Crippen LogP contribution in [0.15, 0.2) is 51.4 Å². The molecule has 0 spiro atoms. The van der Waals surface area contributed by atoms with Gasteiger partial charge in [-0.1, -0.05) is 39.8 Å². The third-order valence-electron chi connectivity index (χ3n) is 7.41. The lowest BCUT2D eigenvalue weighted by molar-refractivity contribution is 0.0920. The first-order chi connectivity index (χ1) is 16.9. The summed E-state index contributed by atoms with van der Waals surface area (Å²) in [6, 6.07) is 13.2. The van der Waals surface area contributed by atoms with Gasteiger partial charge in [0, 0.05) is 12.1 Å². The van der Waals surface area contributed by atoms with Gasteiger partial charge >= 0.3 is 0 Å². The molecule has 1 amide bonds. The quantitative estimate of drug-likeness (QED) is 0.324. The Kier molecular flexibility index (Phi) is 7.20. The summed E-state index contributed by atoms with van der Waals surface area (Å²) in [5.41, 5.74) is 5.24. The van der Waals surface area contributed by atoms with E-state index in [1.165, 1.54) is 11.1 Å². The minimum Gasteiger partial charge on any atom is -0.496 e. The van der Waals surface area contributed by atoms with Crippen molar-refractivity contribution in [3.8, 4) is 5.75 Å². The van der Waals surface area contributed by atoms with Gasteiger partial charge in [-0.25, -0.2) is 0 Å². The van der Waals surface area contributed by atoms with E-state index in [0.717, 1.165) is 34.2 Å². The molecule has 1 aromatic heterocycles. The highest BCUT2D eigenvalue weighted by molar-refractivity contribution is 9.10. The molecule has 0 unspecified atom stereocenters. The van der Waals surface area contributed by atoms with Crippen molar-refractivity contribution in [3.05, 3.63) is 86.3 Å². The summed E-state index contributed by atoms with van der Waals surface area (Å²) in [7, 11) is 1.62. The number of hydrogen-bond acceptors (Lipinski definition) is 4. The Morgan fingerprint density at radius 2 is 1.61 bits per heavy atom. The van der Waals surface area contributed by atoms with Gasteiger partial charge in [0.2, 0.25) is 5.78 Å². The number of ketones is 1.